The quantitative estimate of drug-likeness (QED) is 0.378. The summed E-state index contributed by atoms with van der Waals surface area (Å²) in [6.07, 6.45) is 5.51. The average molecular weight is 479 g/mol. The highest BCUT2D eigenvalue weighted by atomic mass is 35.5. The Labute approximate surface area is 198 Å². The van der Waals surface area contributed by atoms with Crippen LogP contribution in [-0.2, 0) is 10.0 Å². The fourth-order valence-electron chi connectivity index (χ4n) is 3.64. The van der Waals surface area contributed by atoms with E-state index in [1.54, 1.807) is 35.7 Å². The highest BCUT2D eigenvalue weighted by Crippen LogP contribution is 2.23. The van der Waals surface area contributed by atoms with Gasteiger partial charge in [0, 0.05) is 23.2 Å². The van der Waals surface area contributed by atoms with E-state index in [0.717, 1.165) is 43.8 Å². The summed E-state index contributed by atoms with van der Waals surface area (Å²) in [4.78, 5) is 2.61. The molecule has 0 aliphatic rings. The number of sulfonamides is 1. The Hall–Kier alpha value is -1.86. The number of hydrogen-bond acceptors (Lipinski definition) is 4. The lowest BCUT2D eigenvalue weighted by Gasteiger charge is -2.28. The summed E-state index contributed by atoms with van der Waals surface area (Å²) in [5.74, 6) is 0.753. The van der Waals surface area contributed by atoms with Gasteiger partial charge >= 0.3 is 0 Å². The van der Waals surface area contributed by atoms with Gasteiger partial charge in [-0.25, -0.2) is 8.42 Å². The maximum Gasteiger partial charge on any atom is 0.243 e. The molecule has 2 aromatic rings. The highest BCUT2D eigenvalue weighted by molar-refractivity contribution is 7.89. The minimum atomic E-state index is -3.67. The van der Waals surface area contributed by atoms with Crippen molar-refractivity contribution in [3.63, 3.8) is 0 Å². The molecule has 1 atom stereocenters. The standard InChI is InChI=1S/C25H35ClN2O3S/c1-5-27(6-2)19-9-11-21(3)28(32(29,30)24-17-15-23(26)16-18-24)20-10-13-22-12-7-8-14-25(22)31-4/h7-8,10,12-18,21H,5-6,9,11,19-20H2,1-4H3/b13-10+. The van der Waals surface area contributed by atoms with Crippen LogP contribution in [0.4, 0.5) is 0 Å². The van der Waals surface area contributed by atoms with E-state index in [9.17, 15) is 8.42 Å². The van der Waals surface area contributed by atoms with Crippen molar-refractivity contribution in [2.45, 2.75) is 44.6 Å². The van der Waals surface area contributed by atoms with Crippen LogP contribution in [0, 0.1) is 0 Å². The van der Waals surface area contributed by atoms with Crippen LogP contribution in [0.25, 0.3) is 6.08 Å². The summed E-state index contributed by atoms with van der Waals surface area (Å²) in [5, 5.41) is 0.513. The van der Waals surface area contributed by atoms with Gasteiger partial charge in [0.25, 0.3) is 0 Å². The Kier molecular flexibility index (Phi) is 10.7. The SMILES string of the molecule is CCN(CC)CCCC(C)N(C/C=C/c1ccccc1OC)S(=O)(=O)c1ccc(Cl)cc1. The van der Waals surface area contributed by atoms with Crippen LogP contribution < -0.4 is 4.74 Å². The molecule has 2 rings (SSSR count). The van der Waals surface area contributed by atoms with E-state index in [0.29, 0.717) is 5.02 Å². The molecule has 0 amide bonds. The van der Waals surface area contributed by atoms with Gasteiger partial charge in [-0.05, 0) is 69.7 Å². The molecule has 0 N–H and O–H groups in total. The second-order valence-electron chi connectivity index (χ2n) is 7.69. The van der Waals surface area contributed by atoms with Crippen LogP contribution in [-0.4, -0.2) is 57.0 Å². The minimum absolute atomic E-state index is 0.145. The maximum absolute atomic E-state index is 13.5. The third-order valence-corrected chi connectivity index (χ3v) is 7.87. The van der Waals surface area contributed by atoms with E-state index in [2.05, 4.69) is 18.7 Å². The Balaban J connectivity index is 2.23. The fraction of sp³-hybridized carbons (Fsp3) is 0.440. The Morgan fingerprint density at radius 1 is 1.06 bits per heavy atom. The van der Waals surface area contributed by atoms with Crippen LogP contribution in [0.5, 0.6) is 5.75 Å². The zero-order valence-corrected chi connectivity index (χ0v) is 21.1. The van der Waals surface area contributed by atoms with Crippen LogP contribution in [0.3, 0.4) is 0 Å². The van der Waals surface area contributed by atoms with Gasteiger partial charge in [0.2, 0.25) is 10.0 Å². The summed E-state index contributed by atoms with van der Waals surface area (Å²) in [6.45, 7) is 9.50. The maximum atomic E-state index is 13.5. The monoisotopic (exact) mass is 478 g/mol. The van der Waals surface area contributed by atoms with Crippen molar-refractivity contribution >= 4 is 27.7 Å². The van der Waals surface area contributed by atoms with Gasteiger partial charge in [0.15, 0.2) is 0 Å². The van der Waals surface area contributed by atoms with Crippen LogP contribution >= 0.6 is 11.6 Å². The molecule has 2 aromatic carbocycles. The molecule has 0 heterocycles. The molecular weight excluding hydrogens is 444 g/mol. The van der Waals surface area contributed by atoms with Gasteiger partial charge in [0.1, 0.15) is 5.75 Å². The first kappa shape index (κ1) is 26.4. The molecule has 0 fully saturated rings. The van der Waals surface area contributed by atoms with Gasteiger partial charge in [-0.2, -0.15) is 4.31 Å². The topological polar surface area (TPSA) is 49.9 Å². The normalized spacial score (nSPS) is 13.2. The molecule has 7 heteroatoms. The first-order valence-electron chi connectivity index (χ1n) is 11.1. The number of rotatable bonds is 13. The highest BCUT2D eigenvalue weighted by Gasteiger charge is 2.28. The van der Waals surface area contributed by atoms with Crippen molar-refractivity contribution in [3.05, 3.63) is 65.2 Å². The molecule has 0 bridgehead atoms. The van der Waals surface area contributed by atoms with E-state index in [1.807, 2.05) is 43.3 Å². The Morgan fingerprint density at radius 2 is 1.72 bits per heavy atom. The minimum Gasteiger partial charge on any atom is -0.496 e. The number of hydrogen-bond donors (Lipinski definition) is 0. The summed E-state index contributed by atoms with van der Waals surface area (Å²) in [5.41, 5.74) is 0.910. The zero-order valence-electron chi connectivity index (χ0n) is 19.5. The number of methoxy groups -OCH3 is 1. The Bertz CT molecular complexity index is 957. The summed E-state index contributed by atoms with van der Waals surface area (Å²) >= 11 is 5.97. The molecule has 0 radical (unpaired) electrons. The van der Waals surface area contributed by atoms with Gasteiger partial charge in [-0.1, -0.05) is 55.8 Å². The predicted molar refractivity (Wildman–Crippen MR) is 134 cm³/mol. The molecule has 0 aliphatic carbocycles. The second kappa shape index (κ2) is 13.0. The van der Waals surface area contributed by atoms with Crippen molar-refractivity contribution in [1.82, 2.24) is 9.21 Å². The van der Waals surface area contributed by atoms with Crippen molar-refractivity contribution < 1.29 is 13.2 Å². The largest absolute Gasteiger partial charge is 0.496 e. The molecule has 0 saturated heterocycles. The van der Waals surface area contributed by atoms with Crippen molar-refractivity contribution in [2.24, 2.45) is 0 Å². The van der Waals surface area contributed by atoms with E-state index in [-0.39, 0.29) is 17.5 Å². The van der Waals surface area contributed by atoms with Gasteiger partial charge in [0.05, 0.1) is 12.0 Å². The lowest BCUT2D eigenvalue weighted by atomic mass is 10.1. The van der Waals surface area contributed by atoms with Gasteiger partial charge < -0.3 is 9.64 Å². The molecule has 176 valence electrons. The number of para-hydroxylation sites is 1. The zero-order chi connectivity index (χ0) is 23.6. The van der Waals surface area contributed by atoms with Gasteiger partial charge in [-0.15, -0.1) is 0 Å². The number of benzene rings is 2. The van der Waals surface area contributed by atoms with E-state index < -0.39 is 10.0 Å². The fourth-order valence-corrected chi connectivity index (χ4v) is 5.38. The number of ether oxygens (including phenoxy) is 1. The van der Waals surface area contributed by atoms with Crippen LogP contribution in [0.2, 0.25) is 5.02 Å². The number of nitrogens with zero attached hydrogens (tertiary/aromatic N) is 2. The average Bonchev–Trinajstić information content (AvgIpc) is 2.79. The van der Waals surface area contributed by atoms with Crippen molar-refractivity contribution in [3.8, 4) is 5.75 Å². The molecular formula is C25H35ClN2O3S. The molecule has 0 aliphatic heterocycles. The molecule has 0 saturated carbocycles. The van der Waals surface area contributed by atoms with Crippen molar-refractivity contribution in [2.75, 3.05) is 33.3 Å². The van der Waals surface area contributed by atoms with Crippen LogP contribution in [0.1, 0.15) is 39.2 Å². The third-order valence-electron chi connectivity index (χ3n) is 5.62. The van der Waals surface area contributed by atoms with Gasteiger partial charge in [-0.3, -0.25) is 0 Å². The molecule has 1 unspecified atom stereocenters. The van der Waals surface area contributed by atoms with E-state index in [1.165, 1.54) is 0 Å². The lowest BCUT2D eigenvalue weighted by Crippen LogP contribution is -2.39. The van der Waals surface area contributed by atoms with E-state index >= 15 is 0 Å². The summed E-state index contributed by atoms with van der Waals surface area (Å²) in [7, 11) is -2.04. The first-order valence-corrected chi connectivity index (χ1v) is 12.9. The second-order valence-corrected chi connectivity index (χ2v) is 10.0. The molecule has 0 aromatic heterocycles. The molecule has 0 spiro atoms. The van der Waals surface area contributed by atoms with Crippen LogP contribution in [0.15, 0.2) is 59.5 Å². The first-order chi connectivity index (χ1) is 15.3. The molecule has 32 heavy (non-hydrogen) atoms. The predicted octanol–water partition coefficient (Wildman–Crippen LogP) is 5.56. The Morgan fingerprint density at radius 3 is 2.34 bits per heavy atom. The van der Waals surface area contributed by atoms with Crippen molar-refractivity contribution in [1.29, 1.82) is 0 Å². The molecule has 5 nitrogen and oxygen atoms in total. The summed E-state index contributed by atoms with van der Waals surface area (Å²) < 4.78 is 33.9. The number of halogens is 1. The third kappa shape index (κ3) is 7.34. The summed E-state index contributed by atoms with van der Waals surface area (Å²) in [6, 6.07) is 13.9. The van der Waals surface area contributed by atoms with E-state index in [4.69, 9.17) is 16.3 Å². The smallest absolute Gasteiger partial charge is 0.243 e. The lowest BCUT2D eigenvalue weighted by molar-refractivity contribution is 0.274.